The maximum Gasteiger partial charge on any atom is 0.296 e. The summed E-state index contributed by atoms with van der Waals surface area (Å²) in [5.74, 6) is 0. The zero-order chi connectivity index (χ0) is 21.8. The van der Waals surface area contributed by atoms with Gasteiger partial charge in [0, 0.05) is 24.3 Å². The number of aromatic nitrogens is 3. The normalized spacial score (nSPS) is 29.7. The van der Waals surface area contributed by atoms with Gasteiger partial charge in [0.1, 0.15) is 18.3 Å². The number of aliphatic hydroxyl groups excluding tert-OH is 2. The number of nitrogens with zero attached hydrogens (tertiary/aromatic N) is 3. The van der Waals surface area contributed by atoms with Gasteiger partial charge in [-0.1, -0.05) is 23.7 Å². The lowest BCUT2D eigenvalue weighted by molar-refractivity contribution is 0.00706. The SMILES string of the molecule is O[C@@H]1CCN(c2ccc(-c3nc4nc(O[C@@H]5CO[C@H]6[C@@H]5OC[C@H]6O)[nH]c4cc3Cl)cc2)C1. The molecule has 5 heterocycles. The fourth-order valence-corrected chi connectivity index (χ4v) is 4.91. The Balaban J connectivity index is 1.23. The standard InChI is InChI=1S/C22H23ClN4O5/c23-14-7-15-21(26-22(24-15)32-17-10-31-19-16(29)9-30-20(17)19)25-18(14)11-1-3-12(4-2-11)27-6-5-13(28)8-27/h1-4,7,13,16-17,19-20,28-29H,5-6,8-10H2,(H,24,25,26)/t13-,16-,17-,19-,20-/m1/s1. The molecule has 9 nitrogen and oxygen atoms in total. The maximum absolute atomic E-state index is 9.89. The van der Waals surface area contributed by atoms with Crippen LogP contribution in [0.4, 0.5) is 5.69 Å². The number of β-amino-alcohol motifs (C(OH)–C–C–N with tert-alkyl or cyclic N) is 1. The monoisotopic (exact) mass is 458 g/mol. The molecule has 0 aliphatic carbocycles. The van der Waals surface area contributed by atoms with Gasteiger partial charge in [0.25, 0.3) is 6.01 Å². The number of nitrogens with one attached hydrogen (secondary N) is 1. The lowest BCUT2D eigenvalue weighted by Gasteiger charge is -2.18. The van der Waals surface area contributed by atoms with Crippen molar-refractivity contribution in [2.75, 3.05) is 31.2 Å². The highest BCUT2D eigenvalue weighted by Gasteiger charge is 2.48. The number of imidazole rings is 1. The van der Waals surface area contributed by atoms with Crippen molar-refractivity contribution in [2.45, 2.75) is 36.9 Å². The lowest BCUT2D eigenvalue weighted by Crippen LogP contribution is -2.34. The minimum Gasteiger partial charge on any atom is -0.456 e. The minimum absolute atomic E-state index is 0.243. The fraction of sp³-hybridized carbons (Fsp3) is 0.455. The van der Waals surface area contributed by atoms with Crippen molar-refractivity contribution >= 4 is 28.5 Å². The van der Waals surface area contributed by atoms with Gasteiger partial charge >= 0.3 is 0 Å². The van der Waals surface area contributed by atoms with E-state index < -0.39 is 6.10 Å². The highest BCUT2D eigenvalue weighted by Crippen LogP contribution is 2.33. The molecule has 0 saturated carbocycles. The van der Waals surface area contributed by atoms with Crippen molar-refractivity contribution in [3.8, 4) is 17.3 Å². The zero-order valence-electron chi connectivity index (χ0n) is 17.1. The van der Waals surface area contributed by atoms with Crippen LogP contribution in [0.3, 0.4) is 0 Å². The first-order valence-electron chi connectivity index (χ1n) is 10.7. The van der Waals surface area contributed by atoms with E-state index in [0.29, 0.717) is 41.0 Å². The quantitative estimate of drug-likeness (QED) is 0.542. The van der Waals surface area contributed by atoms with E-state index in [1.54, 1.807) is 6.07 Å². The predicted molar refractivity (Wildman–Crippen MR) is 117 cm³/mol. The Morgan fingerprint density at radius 3 is 2.69 bits per heavy atom. The summed E-state index contributed by atoms with van der Waals surface area (Å²) < 4.78 is 17.2. The van der Waals surface area contributed by atoms with Gasteiger partial charge in [-0.25, -0.2) is 4.98 Å². The van der Waals surface area contributed by atoms with Crippen molar-refractivity contribution in [1.29, 1.82) is 0 Å². The number of hydrogen-bond acceptors (Lipinski definition) is 8. The number of benzene rings is 1. The molecule has 6 rings (SSSR count). The smallest absolute Gasteiger partial charge is 0.296 e. The number of anilines is 1. The van der Waals surface area contributed by atoms with E-state index in [-0.39, 0.29) is 31.0 Å². The van der Waals surface area contributed by atoms with Gasteiger partial charge in [-0.2, -0.15) is 4.98 Å². The largest absolute Gasteiger partial charge is 0.456 e. The van der Waals surface area contributed by atoms with E-state index in [4.69, 9.17) is 25.8 Å². The Labute approximate surface area is 188 Å². The second-order valence-electron chi connectivity index (χ2n) is 8.49. The number of hydrogen-bond donors (Lipinski definition) is 3. The molecule has 0 spiro atoms. The van der Waals surface area contributed by atoms with Gasteiger partial charge < -0.3 is 34.3 Å². The number of H-pyrrole nitrogens is 1. The molecule has 0 amide bonds. The van der Waals surface area contributed by atoms with Crippen LogP contribution in [0, 0.1) is 0 Å². The summed E-state index contributed by atoms with van der Waals surface area (Å²) in [7, 11) is 0. The summed E-state index contributed by atoms with van der Waals surface area (Å²) in [4.78, 5) is 14.4. The summed E-state index contributed by atoms with van der Waals surface area (Å²) in [5, 5.41) is 20.2. The third-order valence-corrected chi connectivity index (χ3v) is 6.61. The van der Waals surface area contributed by atoms with Crippen molar-refractivity contribution in [1.82, 2.24) is 15.0 Å². The van der Waals surface area contributed by atoms with Crippen LogP contribution in [-0.2, 0) is 9.47 Å². The molecule has 168 valence electrons. The molecule has 3 N–H and O–H groups in total. The summed E-state index contributed by atoms with van der Waals surface area (Å²) in [6.07, 6.45) is -1.15. The van der Waals surface area contributed by atoms with E-state index in [9.17, 15) is 10.2 Å². The Kier molecular flexibility index (Phi) is 4.96. The highest BCUT2D eigenvalue weighted by molar-refractivity contribution is 6.33. The lowest BCUT2D eigenvalue weighted by atomic mass is 10.1. The van der Waals surface area contributed by atoms with E-state index in [0.717, 1.165) is 24.2 Å². The Morgan fingerprint density at radius 2 is 1.91 bits per heavy atom. The molecule has 3 fully saturated rings. The molecule has 0 bridgehead atoms. The molecular weight excluding hydrogens is 436 g/mol. The average molecular weight is 459 g/mol. The molecule has 0 radical (unpaired) electrons. The number of aliphatic hydroxyl groups is 2. The van der Waals surface area contributed by atoms with E-state index in [2.05, 4.69) is 19.9 Å². The molecule has 10 heteroatoms. The van der Waals surface area contributed by atoms with Crippen molar-refractivity contribution in [2.24, 2.45) is 0 Å². The first kappa shape index (κ1) is 20.2. The maximum atomic E-state index is 9.89. The summed E-state index contributed by atoms with van der Waals surface area (Å²) in [6, 6.07) is 10.1. The van der Waals surface area contributed by atoms with Crippen molar-refractivity contribution in [3.05, 3.63) is 35.4 Å². The third kappa shape index (κ3) is 3.50. The molecule has 5 atom stereocenters. The first-order chi connectivity index (χ1) is 15.5. The van der Waals surface area contributed by atoms with Gasteiger partial charge in [0.15, 0.2) is 11.8 Å². The minimum atomic E-state index is -0.630. The summed E-state index contributed by atoms with van der Waals surface area (Å²) in [5.41, 5.74) is 3.74. The van der Waals surface area contributed by atoms with Gasteiger partial charge in [-0.05, 0) is 24.6 Å². The van der Waals surface area contributed by atoms with Crippen LogP contribution in [0.15, 0.2) is 30.3 Å². The number of halogens is 1. The van der Waals surface area contributed by atoms with Gasteiger partial charge in [0.05, 0.1) is 35.6 Å². The second kappa shape index (κ2) is 7.86. The van der Waals surface area contributed by atoms with Crippen LogP contribution >= 0.6 is 11.6 Å². The fourth-order valence-electron chi connectivity index (χ4n) is 4.65. The van der Waals surface area contributed by atoms with E-state index in [1.165, 1.54) is 0 Å². The number of pyridine rings is 1. The van der Waals surface area contributed by atoms with Crippen LogP contribution in [0.2, 0.25) is 5.02 Å². The van der Waals surface area contributed by atoms with Crippen molar-refractivity contribution in [3.63, 3.8) is 0 Å². The topological polar surface area (TPSA) is 113 Å². The van der Waals surface area contributed by atoms with Crippen LogP contribution in [0.5, 0.6) is 6.01 Å². The van der Waals surface area contributed by atoms with Crippen LogP contribution in [-0.4, -0.2) is 82.0 Å². The van der Waals surface area contributed by atoms with Gasteiger partial charge in [-0.15, -0.1) is 0 Å². The second-order valence-corrected chi connectivity index (χ2v) is 8.89. The van der Waals surface area contributed by atoms with Gasteiger partial charge in [0.2, 0.25) is 0 Å². The third-order valence-electron chi connectivity index (χ3n) is 6.32. The molecule has 3 aromatic rings. The van der Waals surface area contributed by atoms with Crippen LogP contribution < -0.4 is 9.64 Å². The molecule has 3 saturated heterocycles. The Morgan fingerprint density at radius 1 is 1.09 bits per heavy atom. The molecule has 32 heavy (non-hydrogen) atoms. The van der Waals surface area contributed by atoms with Crippen LogP contribution in [0.1, 0.15) is 6.42 Å². The molecular formula is C22H23ClN4O5. The highest BCUT2D eigenvalue weighted by atomic mass is 35.5. The molecule has 3 aliphatic rings. The van der Waals surface area contributed by atoms with Gasteiger partial charge in [-0.3, -0.25) is 0 Å². The Hall–Kier alpha value is -2.43. The number of ether oxygens (including phenoxy) is 3. The summed E-state index contributed by atoms with van der Waals surface area (Å²) in [6.45, 7) is 2.06. The molecule has 3 aliphatic heterocycles. The molecule has 2 aromatic heterocycles. The average Bonchev–Trinajstić information content (AvgIpc) is 3.55. The summed E-state index contributed by atoms with van der Waals surface area (Å²) >= 11 is 6.53. The number of aromatic amines is 1. The Bertz CT molecular complexity index is 1140. The van der Waals surface area contributed by atoms with Crippen molar-refractivity contribution < 1.29 is 24.4 Å². The molecule has 0 unspecified atom stereocenters. The predicted octanol–water partition coefficient (Wildman–Crippen LogP) is 1.76. The van der Waals surface area contributed by atoms with E-state index >= 15 is 0 Å². The first-order valence-corrected chi connectivity index (χ1v) is 11.1. The zero-order valence-corrected chi connectivity index (χ0v) is 17.9. The van der Waals surface area contributed by atoms with Crippen LogP contribution in [0.25, 0.3) is 22.4 Å². The number of rotatable bonds is 4. The number of fused-ring (bicyclic) bond motifs is 2. The van der Waals surface area contributed by atoms with E-state index in [1.807, 2.05) is 24.3 Å². The molecule has 1 aromatic carbocycles.